The van der Waals surface area contributed by atoms with Gasteiger partial charge in [0.25, 0.3) is 5.56 Å². The second-order valence-corrected chi connectivity index (χ2v) is 9.10. The van der Waals surface area contributed by atoms with Crippen molar-refractivity contribution < 1.29 is 14.6 Å². The van der Waals surface area contributed by atoms with Crippen molar-refractivity contribution in [3.63, 3.8) is 0 Å². The second kappa shape index (κ2) is 7.71. The summed E-state index contributed by atoms with van der Waals surface area (Å²) in [6, 6.07) is 17.5. The van der Waals surface area contributed by atoms with Gasteiger partial charge in [-0.3, -0.25) is 4.79 Å². The van der Waals surface area contributed by atoms with E-state index in [2.05, 4.69) is 12.1 Å². The highest BCUT2D eigenvalue weighted by molar-refractivity contribution is 5.93. The predicted octanol–water partition coefficient (Wildman–Crippen LogP) is 3.67. The number of fused-ring (bicyclic) bond motifs is 5. The summed E-state index contributed by atoms with van der Waals surface area (Å²) >= 11 is 0. The van der Waals surface area contributed by atoms with Crippen molar-refractivity contribution in [3.05, 3.63) is 98.3 Å². The molecule has 0 bridgehead atoms. The molecular weight excluding hydrogens is 442 g/mol. The van der Waals surface area contributed by atoms with Gasteiger partial charge in [0.05, 0.1) is 29.0 Å². The number of nitrogens with one attached hydrogen (secondary N) is 1. The molecule has 0 amide bonds. The lowest BCUT2D eigenvalue weighted by atomic mass is 9.86. The fourth-order valence-corrected chi connectivity index (χ4v) is 5.27. The van der Waals surface area contributed by atoms with Gasteiger partial charge in [-0.05, 0) is 47.7 Å². The number of carbonyl (C=O) groups excluding carboxylic acids is 1. The van der Waals surface area contributed by atoms with Crippen LogP contribution in [0.15, 0.2) is 59.4 Å². The molecule has 0 saturated carbocycles. The van der Waals surface area contributed by atoms with Crippen LogP contribution in [0.4, 0.5) is 0 Å². The molecule has 4 aromatic rings. The molecule has 2 N–H and O–H groups in total. The minimum absolute atomic E-state index is 0.103. The first-order valence-corrected chi connectivity index (χ1v) is 11.6. The standard InChI is InChI=1S/C28H23N3O4/c1-2-28(34)22-12-24-25-20(14-31(24)26(32)21(22)15-35-27(28)33)18(10-16-6-4-3-5-7-16)19-11-17(13-29)8-9-23(19)30-25/h3-9,11-13,29,34H,2,10,14-15H2,1H3. The van der Waals surface area contributed by atoms with Gasteiger partial charge < -0.3 is 19.8 Å². The average molecular weight is 466 g/mol. The molecule has 1 atom stereocenters. The van der Waals surface area contributed by atoms with Gasteiger partial charge in [-0.25, -0.2) is 9.78 Å². The van der Waals surface area contributed by atoms with Crippen molar-refractivity contribution in [1.29, 1.82) is 5.41 Å². The van der Waals surface area contributed by atoms with E-state index in [9.17, 15) is 14.7 Å². The minimum atomic E-state index is -1.85. The Labute approximate surface area is 201 Å². The van der Waals surface area contributed by atoms with Crippen LogP contribution in [-0.2, 0) is 34.7 Å². The number of aliphatic hydroxyl groups is 1. The Morgan fingerprint density at radius 3 is 2.69 bits per heavy atom. The Morgan fingerprint density at radius 1 is 1.14 bits per heavy atom. The molecular formula is C28H23N3O4. The number of ether oxygens (including phenoxy) is 1. The molecule has 0 radical (unpaired) electrons. The maximum atomic E-state index is 13.6. The van der Waals surface area contributed by atoms with E-state index < -0.39 is 11.6 Å². The van der Waals surface area contributed by atoms with Crippen LogP contribution in [0, 0.1) is 5.41 Å². The van der Waals surface area contributed by atoms with Crippen molar-refractivity contribution in [1.82, 2.24) is 9.55 Å². The van der Waals surface area contributed by atoms with Crippen LogP contribution in [0.1, 0.15) is 46.7 Å². The van der Waals surface area contributed by atoms with Crippen LogP contribution >= 0.6 is 0 Å². The minimum Gasteiger partial charge on any atom is -0.458 e. The molecule has 6 rings (SSSR count). The number of benzene rings is 2. The Balaban J connectivity index is 1.63. The Morgan fingerprint density at radius 2 is 1.94 bits per heavy atom. The van der Waals surface area contributed by atoms with Crippen LogP contribution in [-0.4, -0.2) is 26.8 Å². The molecule has 0 fully saturated rings. The Bertz CT molecular complexity index is 1610. The molecule has 174 valence electrons. The van der Waals surface area contributed by atoms with Gasteiger partial charge in [-0.2, -0.15) is 0 Å². The number of cyclic esters (lactones) is 1. The number of hydrogen-bond donors (Lipinski definition) is 2. The van der Waals surface area contributed by atoms with E-state index in [-0.39, 0.29) is 18.6 Å². The molecule has 35 heavy (non-hydrogen) atoms. The smallest absolute Gasteiger partial charge is 0.343 e. The van der Waals surface area contributed by atoms with Gasteiger partial charge in [0.1, 0.15) is 6.61 Å². The Hall–Kier alpha value is -4.10. The Kier molecular flexibility index (Phi) is 4.72. The number of aromatic nitrogens is 2. The van der Waals surface area contributed by atoms with Crippen LogP contribution in [0.2, 0.25) is 0 Å². The van der Waals surface area contributed by atoms with Gasteiger partial charge in [-0.15, -0.1) is 0 Å². The number of rotatable bonds is 4. The first-order valence-electron chi connectivity index (χ1n) is 11.6. The van der Waals surface area contributed by atoms with E-state index in [0.29, 0.717) is 35.5 Å². The molecule has 0 aliphatic carbocycles. The van der Waals surface area contributed by atoms with Crippen LogP contribution in [0.3, 0.4) is 0 Å². The monoisotopic (exact) mass is 465 g/mol. The fraction of sp³-hybridized carbons (Fsp3) is 0.214. The van der Waals surface area contributed by atoms with E-state index in [1.165, 1.54) is 6.21 Å². The second-order valence-electron chi connectivity index (χ2n) is 9.10. The molecule has 4 heterocycles. The number of pyridine rings is 2. The zero-order chi connectivity index (χ0) is 24.3. The number of esters is 1. The topological polar surface area (TPSA) is 105 Å². The molecule has 2 aliphatic heterocycles. The summed E-state index contributed by atoms with van der Waals surface area (Å²) in [5.41, 5.74) is 4.44. The highest BCUT2D eigenvalue weighted by atomic mass is 16.6. The predicted molar refractivity (Wildman–Crippen MR) is 132 cm³/mol. The van der Waals surface area contributed by atoms with E-state index in [1.54, 1.807) is 17.6 Å². The summed E-state index contributed by atoms with van der Waals surface area (Å²) in [5, 5.41) is 19.8. The molecule has 1 unspecified atom stereocenters. The summed E-state index contributed by atoms with van der Waals surface area (Å²) in [5.74, 6) is -0.731. The average Bonchev–Trinajstić information content (AvgIpc) is 3.25. The van der Waals surface area contributed by atoms with E-state index in [0.717, 1.165) is 33.2 Å². The van der Waals surface area contributed by atoms with Gasteiger partial charge in [-0.1, -0.05) is 43.3 Å². The molecule has 7 heteroatoms. The largest absolute Gasteiger partial charge is 0.458 e. The molecule has 0 saturated heterocycles. The van der Waals surface area contributed by atoms with Crippen molar-refractivity contribution in [2.45, 2.75) is 38.5 Å². The molecule has 0 spiro atoms. The number of hydrogen-bond acceptors (Lipinski definition) is 6. The van der Waals surface area contributed by atoms with Crippen LogP contribution in [0.5, 0.6) is 0 Å². The van der Waals surface area contributed by atoms with Crippen LogP contribution < -0.4 is 5.56 Å². The summed E-state index contributed by atoms with van der Waals surface area (Å²) in [4.78, 5) is 30.9. The third-order valence-corrected chi connectivity index (χ3v) is 7.22. The van der Waals surface area contributed by atoms with Crippen molar-refractivity contribution in [3.8, 4) is 11.4 Å². The van der Waals surface area contributed by atoms with Crippen molar-refractivity contribution >= 4 is 23.1 Å². The van der Waals surface area contributed by atoms with Crippen molar-refractivity contribution in [2.24, 2.45) is 0 Å². The summed E-state index contributed by atoms with van der Waals surface area (Å²) in [6.45, 7) is 1.88. The third-order valence-electron chi connectivity index (χ3n) is 7.22. The van der Waals surface area contributed by atoms with Crippen LogP contribution in [0.25, 0.3) is 22.3 Å². The zero-order valence-electron chi connectivity index (χ0n) is 19.2. The fourth-order valence-electron chi connectivity index (χ4n) is 5.27. The van der Waals surface area contributed by atoms with E-state index in [1.807, 2.05) is 36.4 Å². The maximum Gasteiger partial charge on any atom is 0.343 e. The van der Waals surface area contributed by atoms with Gasteiger partial charge >= 0.3 is 5.97 Å². The van der Waals surface area contributed by atoms with Gasteiger partial charge in [0.2, 0.25) is 0 Å². The van der Waals surface area contributed by atoms with E-state index in [4.69, 9.17) is 15.1 Å². The third kappa shape index (κ3) is 3.08. The molecule has 2 aromatic heterocycles. The maximum absolute atomic E-state index is 13.6. The SMILES string of the molecule is CCC1(O)C(=O)OCc2c1cc1n(c2=O)Cc2c-1nc1ccc(C=N)cc1c2Cc1ccccc1. The first-order chi connectivity index (χ1) is 16.9. The molecule has 2 aromatic carbocycles. The summed E-state index contributed by atoms with van der Waals surface area (Å²) < 4.78 is 6.84. The van der Waals surface area contributed by atoms with E-state index >= 15 is 0 Å². The highest BCUT2D eigenvalue weighted by Crippen LogP contribution is 2.40. The van der Waals surface area contributed by atoms with Crippen molar-refractivity contribution in [2.75, 3.05) is 0 Å². The molecule has 2 aliphatic rings. The normalized spacial score (nSPS) is 18.1. The van der Waals surface area contributed by atoms with Gasteiger partial charge in [0, 0.05) is 22.7 Å². The summed E-state index contributed by atoms with van der Waals surface area (Å²) in [6.07, 6.45) is 2.06. The lowest BCUT2D eigenvalue weighted by molar-refractivity contribution is -0.172. The molecule has 7 nitrogen and oxygen atoms in total. The lowest BCUT2D eigenvalue weighted by Gasteiger charge is -2.31. The van der Waals surface area contributed by atoms with Gasteiger partial charge in [0.15, 0.2) is 5.60 Å². The highest BCUT2D eigenvalue weighted by Gasteiger charge is 2.45. The lowest BCUT2D eigenvalue weighted by Crippen LogP contribution is -2.44. The summed E-state index contributed by atoms with van der Waals surface area (Å²) in [7, 11) is 0. The zero-order valence-corrected chi connectivity index (χ0v) is 19.2. The number of nitrogens with zero attached hydrogens (tertiary/aromatic N) is 2. The first kappa shape index (κ1) is 21.4. The number of carbonyl (C=O) groups is 1. The quantitative estimate of drug-likeness (QED) is 0.311.